The number of halogens is 4. The molecule has 1 heterocycles. The van der Waals surface area contributed by atoms with E-state index in [-0.39, 0.29) is 12.6 Å². The molecule has 1 unspecified atom stereocenters. The monoisotopic (exact) mass is 611 g/mol. The van der Waals surface area contributed by atoms with E-state index in [4.69, 9.17) is 55.9 Å². The van der Waals surface area contributed by atoms with Crippen LogP contribution in [0.5, 0.6) is 5.75 Å². The number of rotatable bonds is 14. The fraction of sp³-hybridized carbons (Fsp3) is 0.577. The Morgan fingerprint density at radius 1 is 0.974 bits per heavy atom. The molecule has 0 saturated carbocycles. The number of hydrogen-bond acceptors (Lipinski definition) is 6. The maximum Gasteiger partial charge on any atom is 0.509 e. The first kappa shape index (κ1) is 34.2. The molecule has 8 nitrogen and oxygen atoms in total. The van der Waals surface area contributed by atoms with Crippen molar-refractivity contribution in [2.45, 2.75) is 71.3 Å². The molecule has 2 rings (SSSR count). The second-order valence-electron chi connectivity index (χ2n) is 8.31. The van der Waals surface area contributed by atoms with Crippen LogP contribution in [0.3, 0.4) is 0 Å². The van der Waals surface area contributed by atoms with E-state index in [0.717, 1.165) is 19.3 Å². The summed E-state index contributed by atoms with van der Waals surface area (Å²) < 4.78 is 16.5. The lowest BCUT2D eigenvalue weighted by atomic mass is 10.1. The predicted octanol–water partition coefficient (Wildman–Crippen LogP) is 8.69. The molecule has 1 atom stereocenters. The number of hydrogen-bond donors (Lipinski definition) is 0. The Morgan fingerprint density at radius 3 is 2.21 bits per heavy atom. The van der Waals surface area contributed by atoms with Crippen LogP contribution in [0.15, 0.2) is 30.9 Å². The lowest BCUT2D eigenvalue weighted by Gasteiger charge is -2.22. The molecule has 0 bridgehead atoms. The van der Waals surface area contributed by atoms with Crippen molar-refractivity contribution in [2.24, 2.45) is 0 Å². The van der Waals surface area contributed by atoms with Gasteiger partial charge in [0.15, 0.2) is 11.3 Å². The van der Waals surface area contributed by atoms with Gasteiger partial charge < -0.3 is 19.1 Å². The van der Waals surface area contributed by atoms with Crippen molar-refractivity contribution in [3.63, 3.8) is 0 Å². The Labute approximate surface area is 245 Å². The van der Waals surface area contributed by atoms with Gasteiger partial charge in [-0.3, -0.25) is 4.57 Å². The van der Waals surface area contributed by atoms with Crippen molar-refractivity contribution in [3.8, 4) is 5.75 Å². The van der Waals surface area contributed by atoms with Crippen molar-refractivity contribution in [2.75, 3.05) is 26.3 Å². The number of alkyl halides is 1. The molecule has 1 amide bonds. The molecular formula is C26H37Cl4N3O5. The highest BCUT2D eigenvalue weighted by molar-refractivity contribution is 6.40. The van der Waals surface area contributed by atoms with E-state index < -0.39 is 11.7 Å². The third kappa shape index (κ3) is 14.3. The van der Waals surface area contributed by atoms with Crippen LogP contribution in [0.2, 0.25) is 15.1 Å². The molecule has 0 fully saturated rings. The molecule has 2 aromatic rings. The van der Waals surface area contributed by atoms with Crippen LogP contribution in [-0.2, 0) is 9.47 Å². The highest BCUT2D eigenvalue weighted by Crippen LogP contribution is 2.35. The van der Waals surface area contributed by atoms with Crippen molar-refractivity contribution in [1.82, 2.24) is 14.5 Å². The Morgan fingerprint density at radius 2 is 1.63 bits per heavy atom. The van der Waals surface area contributed by atoms with Gasteiger partial charge in [0.2, 0.25) is 0 Å². The standard InChI is InChI=1S/C15H16Cl3N3O2.C11H21ClO3/c1-2-4-20(15(22)21-5-3-19-10-21)6-7-23-14-12(17)8-11(16)9-13(14)18;1-3-4-5-6-7-8-9-14-11(13)15-10(2)12/h3,5,8-10H,2,4,6-7H2,1H3;10H,3-9H2,1-2H3. The van der Waals surface area contributed by atoms with E-state index in [0.29, 0.717) is 40.5 Å². The molecule has 1 aromatic heterocycles. The minimum absolute atomic E-state index is 0.152. The van der Waals surface area contributed by atoms with E-state index in [1.807, 2.05) is 6.92 Å². The molecule has 12 heteroatoms. The van der Waals surface area contributed by atoms with Gasteiger partial charge in [0, 0.05) is 24.0 Å². The first-order valence-electron chi connectivity index (χ1n) is 12.7. The lowest BCUT2D eigenvalue weighted by Crippen LogP contribution is -2.37. The number of imidazole rings is 1. The maximum absolute atomic E-state index is 12.3. The first-order chi connectivity index (χ1) is 18.2. The third-order valence-corrected chi connectivity index (χ3v) is 5.91. The molecule has 0 spiro atoms. The third-order valence-electron chi connectivity index (χ3n) is 5.04. The highest BCUT2D eigenvalue weighted by atomic mass is 35.5. The lowest BCUT2D eigenvalue weighted by molar-refractivity contribution is 0.0486. The SMILES string of the molecule is CCCCCCCCOC(=O)OC(C)Cl.CCCN(CCOc1c(Cl)cc(Cl)cc1Cl)C(=O)n1ccnc1. The number of unbranched alkanes of at least 4 members (excludes halogenated alkanes) is 5. The molecule has 0 aliphatic heterocycles. The molecule has 1 aromatic carbocycles. The summed E-state index contributed by atoms with van der Waals surface area (Å²) >= 11 is 23.4. The molecule has 0 aliphatic carbocycles. The Hall–Kier alpha value is -1.87. The molecule has 0 saturated heterocycles. The van der Waals surface area contributed by atoms with Gasteiger partial charge in [-0.25, -0.2) is 14.6 Å². The smallest absolute Gasteiger partial charge is 0.489 e. The maximum atomic E-state index is 12.3. The summed E-state index contributed by atoms with van der Waals surface area (Å²) in [7, 11) is 0. The largest absolute Gasteiger partial charge is 0.509 e. The van der Waals surface area contributed by atoms with Gasteiger partial charge in [-0.2, -0.15) is 0 Å². The molecule has 214 valence electrons. The van der Waals surface area contributed by atoms with E-state index in [1.54, 1.807) is 36.4 Å². The zero-order chi connectivity index (χ0) is 28.3. The summed E-state index contributed by atoms with van der Waals surface area (Å²) in [5.41, 5.74) is -0.623. The van der Waals surface area contributed by atoms with Gasteiger partial charge >= 0.3 is 12.2 Å². The zero-order valence-corrected chi connectivity index (χ0v) is 25.2. The van der Waals surface area contributed by atoms with Gasteiger partial charge in [-0.05, 0) is 31.9 Å². The van der Waals surface area contributed by atoms with Crippen LogP contribution in [0.1, 0.15) is 65.7 Å². The summed E-state index contributed by atoms with van der Waals surface area (Å²) in [6.45, 7) is 7.47. The minimum Gasteiger partial charge on any atom is -0.489 e. The van der Waals surface area contributed by atoms with Gasteiger partial charge in [0.1, 0.15) is 12.9 Å². The number of aromatic nitrogens is 2. The second-order valence-corrected chi connectivity index (χ2v) is 10.2. The van der Waals surface area contributed by atoms with Crippen molar-refractivity contribution >= 4 is 58.6 Å². The summed E-state index contributed by atoms with van der Waals surface area (Å²) in [4.78, 5) is 28.8. The number of amides is 1. The predicted molar refractivity (Wildman–Crippen MR) is 153 cm³/mol. The number of ether oxygens (including phenoxy) is 3. The summed E-state index contributed by atoms with van der Waals surface area (Å²) in [5.74, 6) is 0.365. The van der Waals surface area contributed by atoms with Crippen molar-refractivity contribution in [1.29, 1.82) is 0 Å². The topological polar surface area (TPSA) is 82.9 Å². The normalized spacial score (nSPS) is 11.2. The Balaban J connectivity index is 0.000000420. The summed E-state index contributed by atoms with van der Waals surface area (Å²) in [5, 5.41) is 1.12. The number of benzene rings is 1. The van der Waals surface area contributed by atoms with E-state index in [9.17, 15) is 9.59 Å². The zero-order valence-electron chi connectivity index (χ0n) is 22.1. The van der Waals surface area contributed by atoms with Crippen LogP contribution in [0.25, 0.3) is 0 Å². The summed E-state index contributed by atoms with van der Waals surface area (Å²) in [6, 6.07) is 2.97. The quantitative estimate of drug-likeness (QED) is 0.120. The van der Waals surface area contributed by atoms with Crippen molar-refractivity contribution < 1.29 is 23.8 Å². The molecule has 0 radical (unpaired) electrons. The average Bonchev–Trinajstić information content (AvgIpc) is 3.39. The molecule has 38 heavy (non-hydrogen) atoms. The average molecular weight is 613 g/mol. The van der Waals surface area contributed by atoms with Gasteiger partial charge in [-0.15, -0.1) is 0 Å². The first-order valence-corrected chi connectivity index (χ1v) is 14.3. The van der Waals surface area contributed by atoms with Gasteiger partial charge in [-0.1, -0.05) is 92.4 Å². The fourth-order valence-corrected chi connectivity index (χ4v) is 4.24. The Bertz CT molecular complexity index is 922. The van der Waals surface area contributed by atoms with E-state index in [1.165, 1.54) is 36.6 Å². The number of carbonyl (C=O) groups is 2. The fourth-order valence-electron chi connectivity index (χ4n) is 3.24. The van der Waals surface area contributed by atoms with E-state index in [2.05, 4.69) is 16.6 Å². The number of nitrogens with zero attached hydrogens (tertiary/aromatic N) is 3. The van der Waals surface area contributed by atoms with Crippen LogP contribution in [0, 0.1) is 0 Å². The second kappa shape index (κ2) is 20.1. The van der Waals surface area contributed by atoms with Crippen LogP contribution >= 0.6 is 46.4 Å². The molecular weight excluding hydrogens is 576 g/mol. The van der Waals surface area contributed by atoms with Crippen molar-refractivity contribution in [3.05, 3.63) is 45.9 Å². The van der Waals surface area contributed by atoms with Gasteiger partial charge in [0.05, 0.1) is 23.2 Å². The highest BCUT2D eigenvalue weighted by Gasteiger charge is 2.15. The molecule has 0 aliphatic rings. The summed E-state index contributed by atoms with van der Waals surface area (Å²) in [6.07, 6.45) is 11.8. The molecule has 0 N–H and O–H groups in total. The van der Waals surface area contributed by atoms with Crippen LogP contribution in [0.4, 0.5) is 9.59 Å². The minimum atomic E-state index is -0.675. The number of carbonyl (C=O) groups excluding carboxylic acids is 2. The van der Waals surface area contributed by atoms with Crippen LogP contribution in [-0.4, -0.2) is 58.5 Å². The van der Waals surface area contributed by atoms with E-state index >= 15 is 0 Å². The Kier molecular flexibility index (Phi) is 18.1. The van der Waals surface area contributed by atoms with Crippen LogP contribution < -0.4 is 4.74 Å². The van der Waals surface area contributed by atoms with Gasteiger partial charge in [0.25, 0.3) is 0 Å².